The number of para-hydroxylation sites is 1. The molecule has 3 rings (SSSR count). The Labute approximate surface area is 113 Å². The lowest BCUT2D eigenvalue weighted by Crippen LogP contribution is -2.19. The molecule has 3 N–H and O–H groups in total. The van der Waals surface area contributed by atoms with Crippen LogP contribution in [0.1, 0.15) is 0 Å². The van der Waals surface area contributed by atoms with Crippen LogP contribution in [0.25, 0.3) is 10.9 Å². The van der Waals surface area contributed by atoms with Gasteiger partial charge < -0.3 is 5.32 Å². The summed E-state index contributed by atoms with van der Waals surface area (Å²) in [5.41, 5.74) is 1.34. The number of amides is 2. The molecule has 6 heteroatoms. The highest BCUT2D eigenvalue weighted by molar-refractivity contribution is 6.04. The number of rotatable bonds is 2. The molecule has 0 aliphatic carbocycles. The minimum atomic E-state index is -0.436. The van der Waals surface area contributed by atoms with Gasteiger partial charge in [-0.05, 0) is 36.4 Å². The molecule has 100 valence electrons. The number of urea groups is 1. The quantitative estimate of drug-likeness (QED) is 0.668. The van der Waals surface area contributed by atoms with E-state index in [0.29, 0.717) is 11.5 Å². The van der Waals surface area contributed by atoms with Gasteiger partial charge in [-0.15, -0.1) is 0 Å². The van der Waals surface area contributed by atoms with Gasteiger partial charge in [-0.3, -0.25) is 10.4 Å². The van der Waals surface area contributed by atoms with Gasteiger partial charge in [0.05, 0.1) is 5.52 Å². The van der Waals surface area contributed by atoms with Gasteiger partial charge in [-0.2, -0.15) is 5.10 Å². The van der Waals surface area contributed by atoms with Crippen molar-refractivity contribution in [3.05, 3.63) is 54.3 Å². The molecular formula is C14H11FN4O. The fourth-order valence-electron chi connectivity index (χ4n) is 1.86. The molecule has 20 heavy (non-hydrogen) atoms. The molecule has 0 aliphatic rings. The van der Waals surface area contributed by atoms with Gasteiger partial charge in [0, 0.05) is 11.1 Å². The first kappa shape index (κ1) is 12.2. The van der Waals surface area contributed by atoms with Crippen molar-refractivity contribution in [3.63, 3.8) is 0 Å². The molecule has 0 fully saturated rings. The Bertz CT molecular complexity index is 751. The van der Waals surface area contributed by atoms with E-state index in [0.717, 1.165) is 10.9 Å². The Balaban J connectivity index is 1.74. The fraction of sp³-hybridized carbons (Fsp3) is 0. The molecule has 0 saturated heterocycles. The molecule has 2 aromatic carbocycles. The molecule has 3 aromatic rings. The molecule has 0 spiro atoms. The van der Waals surface area contributed by atoms with E-state index in [2.05, 4.69) is 20.8 Å². The normalized spacial score (nSPS) is 10.4. The van der Waals surface area contributed by atoms with Gasteiger partial charge in [0.2, 0.25) is 0 Å². The maximum Gasteiger partial charge on any atom is 0.324 e. The Morgan fingerprint density at radius 2 is 1.80 bits per heavy atom. The van der Waals surface area contributed by atoms with E-state index in [-0.39, 0.29) is 5.82 Å². The third-order valence-electron chi connectivity index (χ3n) is 2.80. The molecule has 0 atom stereocenters. The highest BCUT2D eigenvalue weighted by atomic mass is 19.1. The molecule has 0 bridgehead atoms. The lowest BCUT2D eigenvalue weighted by atomic mass is 10.2. The third-order valence-corrected chi connectivity index (χ3v) is 2.80. The summed E-state index contributed by atoms with van der Waals surface area (Å²) in [6, 6.07) is 12.5. The van der Waals surface area contributed by atoms with Crippen molar-refractivity contribution in [2.45, 2.75) is 0 Å². The van der Waals surface area contributed by atoms with E-state index in [1.165, 1.54) is 24.3 Å². The van der Waals surface area contributed by atoms with Crippen LogP contribution >= 0.6 is 0 Å². The zero-order chi connectivity index (χ0) is 13.9. The second-order valence-electron chi connectivity index (χ2n) is 4.20. The van der Waals surface area contributed by atoms with Gasteiger partial charge in [0.1, 0.15) is 5.82 Å². The zero-order valence-electron chi connectivity index (χ0n) is 10.4. The Morgan fingerprint density at radius 3 is 2.60 bits per heavy atom. The van der Waals surface area contributed by atoms with Crippen LogP contribution in [-0.4, -0.2) is 16.2 Å². The molecule has 0 unspecified atom stereocenters. The van der Waals surface area contributed by atoms with Crippen molar-refractivity contribution in [1.29, 1.82) is 0 Å². The highest BCUT2D eigenvalue weighted by Crippen LogP contribution is 2.19. The lowest BCUT2D eigenvalue weighted by molar-refractivity contribution is 0.262. The van der Waals surface area contributed by atoms with Gasteiger partial charge in [-0.1, -0.05) is 12.1 Å². The number of aromatic nitrogens is 2. The second-order valence-corrected chi connectivity index (χ2v) is 4.20. The summed E-state index contributed by atoms with van der Waals surface area (Å²) in [6.45, 7) is 0. The number of benzene rings is 2. The van der Waals surface area contributed by atoms with Crippen molar-refractivity contribution in [2.24, 2.45) is 0 Å². The van der Waals surface area contributed by atoms with Crippen LogP contribution in [0.2, 0.25) is 0 Å². The molecule has 5 nitrogen and oxygen atoms in total. The van der Waals surface area contributed by atoms with E-state index in [1.54, 1.807) is 0 Å². The minimum Gasteiger partial charge on any atom is -0.308 e. The number of hydrogen-bond donors (Lipinski definition) is 3. The van der Waals surface area contributed by atoms with Crippen molar-refractivity contribution in [3.8, 4) is 0 Å². The summed E-state index contributed by atoms with van der Waals surface area (Å²) < 4.78 is 12.8. The second kappa shape index (κ2) is 5.00. The number of H-pyrrole nitrogens is 1. The zero-order valence-corrected chi connectivity index (χ0v) is 10.4. The van der Waals surface area contributed by atoms with Crippen molar-refractivity contribution in [1.82, 2.24) is 10.2 Å². The first-order valence-electron chi connectivity index (χ1n) is 5.99. The van der Waals surface area contributed by atoms with Gasteiger partial charge in [-0.25, -0.2) is 9.18 Å². The van der Waals surface area contributed by atoms with Crippen molar-refractivity contribution < 1.29 is 9.18 Å². The molecule has 1 aromatic heterocycles. The average Bonchev–Trinajstić information content (AvgIpc) is 2.85. The largest absolute Gasteiger partial charge is 0.324 e. The van der Waals surface area contributed by atoms with Crippen molar-refractivity contribution >= 4 is 28.4 Å². The maximum absolute atomic E-state index is 12.8. The summed E-state index contributed by atoms with van der Waals surface area (Å²) in [5, 5.41) is 12.9. The average molecular weight is 270 g/mol. The first-order chi connectivity index (χ1) is 9.72. The molecule has 1 heterocycles. The van der Waals surface area contributed by atoms with Crippen LogP contribution in [0, 0.1) is 5.82 Å². The predicted octanol–water partition coefficient (Wildman–Crippen LogP) is 3.35. The lowest BCUT2D eigenvalue weighted by Gasteiger charge is -2.05. The van der Waals surface area contributed by atoms with Crippen LogP contribution in [0.4, 0.5) is 20.7 Å². The summed E-state index contributed by atoms with van der Waals surface area (Å²) >= 11 is 0. The monoisotopic (exact) mass is 270 g/mol. The molecular weight excluding hydrogens is 259 g/mol. The van der Waals surface area contributed by atoms with Gasteiger partial charge in [0.25, 0.3) is 0 Å². The number of nitrogens with zero attached hydrogens (tertiary/aromatic N) is 1. The van der Waals surface area contributed by atoms with E-state index >= 15 is 0 Å². The number of fused-ring (bicyclic) bond motifs is 1. The standard InChI is InChI=1S/C14H11FN4O/c15-9-5-7-10(8-6-9)16-14(20)17-13-11-3-1-2-4-12(11)18-19-13/h1-8H,(H3,16,17,18,19,20). The summed E-state index contributed by atoms with van der Waals surface area (Å²) in [5.74, 6) is 0.0921. The Morgan fingerprint density at radius 1 is 1.05 bits per heavy atom. The summed E-state index contributed by atoms with van der Waals surface area (Å²) in [7, 11) is 0. The van der Waals surface area contributed by atoms with Crippen LogP contribution in [0.15, 0.2) is 48.5 Å². The number of carbonyl (C=O) groups excluding carboxylic acids is 1. The van der Waals surface area contributed by atoms with Crippen molar-refractivity contribution in [2.75, 3.05) is 10.6 Å². The smallest absolute Gasteiger partial charge is 0.308 e. The number of aromatic amines is 1. The topological polar surface area (TPSA) is 69.8 Å². The Kier molecular flexibility index (Phi) is 3.04. The maximum atomic E-state index is 12.8. The number of halogens is 1. The number of carbonyl (C=O) groups is 1. The predicted molar refractivity (Wildman–Crippen MR) is 75.1 cm³/mol. The third kappa shape index (κ3) is 2.44. The number of nitrogens with one attached hydrogen (secondary N) is 3. The molecule has 2 amide bonds. The van der Waals surface area contributed by atoms with E-state index < -0.39 is 6.03 Å². The van der Waals surface area contributed by atoms with E-state index in [1.807, 2.05) is 24.3 Å². The van der Waals surface area contributed by atoms with E-state index in [4.69, 9.17) is 0 Å². The van der Waals surface area contributed by atoms with Crippen LogP contribution in [-0.2, 0) is 0 Å². The molecule has 0 radical (unpaired) electrons. The Hall–Kier alpha value is -2.89. The van der Waals surface area contributed by atoms with Gasteiger partial charge >= 0.3 is 6.03 Å². The van der Waals surface area contributed by atoms with Gasteiger partial charge in [0.15, 0.2) is 5.82 Å². The highest BCUT2D eigenvalue weighted by Gasteiger charge is 2.08. The van der Waals surface area contributed by atoms with Crippen LogP contribution in [0.5, 0.6) is 0 Å². The van der Waals surface area contributed by atoms with Crippen LogP contribution in [0.3, 0.4) is 0 Å². The number of anilines is 2. The molecule has 0 aliphatic heterocycles. The number of hydrogen-bond acceptors (Lipinski definition) is 2. The summed E-state index contributed by atoms with van der Waals surface area (Å²) in [4.78, 5) is 11.8. The summed E-state index contributed by atoms with van der Waals surface area (Å²) in [6.07, 6.45) is 0. The van der Waals surface area contributed by atoms with E-state index in [9.17, 15) is 9.18 Å². The molecule has 0 saturated carbocycles. The fourth-order valence-corrected chi connectivity index (χ4v) is 1.86. The SMILES string of the molecule is O=C(Nc1ccc(F)cc1)Nc1n[nH]c2ccccc12. The van der Waals surface area contributed by atoms with Crippen LogP contribution < -0.4 is 10.6 Å². The minimum absolute atomic E-state index is 0.353. The first-order valence-corrected chi connectivity index (χ1v) is 5.99.